The zero-order valence-corrected chi connectivity index (χ0v) is 9.88. The maximum absolute atomic E-state index is 9.60. The Kier molecular flexibility index (Phi) is 2.75. The Morgan fingerprint density at radius 2 is 2.13 bits per heavy atom. The summed E-state index contributed by atoms with van der Waals surface area (Å²) in [5.74, 6) is 0. The van der Waals surface area contributed by atoms with Gasteiger partial charge in [-0.2, -0.15) is 0 Å². The molecule has 1 fully saturated rings. The molecule has 1 aliphatic heterocycles. The van der Waals surface area contributed by atoms with Gasteiger partial charge in [0, 0.05) is 24.7 Å². The van der Waals surface area contributed by atoms with Gasteiger partial charge in [0.1, 0.15) is 0 Å². The monoisotopic (exact) mass is 225 g/mol. The van der Waals surface area contributed by atoms with Crippen molar-refractivity contribution in [2.75, 3.05) is 13.1 Å². The quantitative estimate of drug-likeness (QED) is 0.835. The van der Waals surface area contributed by atoms with Crippen LogP contribution in [0.15, 0.2) is 18.2 Å². The van der Waals surface area contributed by atoms with Crippen molar-refractivity contribution in [2.45, 2.75) is 26.0 Å². The molecule has 0 amide bonds. The van der Waals surface area contributed by atoms with E-state index in [0.29, 0.717) is 0 Å². The summed E-state index contributed by atoms with van der Waals surface area (Å²) in [6.45, 7) is 6.30. The topological polar surface area (TPSA) is 23.5 Å². The zero-order valence-electron chi connectivity index (χ0n) is 9.13. The minimum absolute atomic E-state index is 0.485. The standard InChI is InChI=1S/C12H16ClNO/c1-9-5-10(3-4-11(9)13)6-14-7-12(2,15)8-14/h3-5,15H,6-8H2,1-2H3. The largest absolute Gasteiger partial charge is 0.388 e. The third-order valence-electron chi connectivity index (χ3n) is 2.76. The fourth-order valence-corrected chi connectivity index (χ4v) is 2.21. The van der Waals surface area contributed by atoms with E-state index in [1.807, 2.05) is 26.0 Å². The maximum Gasteiger partial charge on any atom is 0.0872 e. The van der Waals surface area contributed by atoms with Crippen molar-refractivity contribution in [1.29, 1.82) is 0 Å². The van der Waals surface area contributed by atoms with Gasteiger partial charge in [-0.15, -0.1) is 0 Å². The molecule has 0 bridgehead atoms. The normalized spacial score (nSPS) is 20.0. The highest BCUT2D eigenvalue weighted by Gasteiger charge is 2.35. The van der Waals surface area contributed by atoms with E-state index >= 15 is 0 Å². The molecule has 2 nitrogen and oxygen atoms in total. The fraction of sp³-hybridized carbons (Fsp3) is 0.500. The van der Waals surface area contributed by atoms with Crippen LogP contribution in [0.3, 0.4) is 0 Å². The lowest BCUT2D eigenvalue weighted by atomic mass is 9.96. The van der Waals surface area contributed by atoms with Crippen LogP contribution in [0.5, 0.6) is 0 Å². The molecule has 1 heterocycles. The first-order valence-corrected chi connectivity index (χ1v) is 5.54. The molecule has 1 aliphatic rings. The van der Waals surface area contributed by atoms with Crippen LogP contribution in [-0.4, -0.2) is 28.7 Å². The van der Waals surface area contributed by atoms with E-state index in [-0.39, 0.29) is 0 Å². The smallest absolute Gasteiger partial charge is 0.0872 e. The molecule has 82 valence electrons. The molecule has 1 aromatic carbocycles. The summed E-state index contributed by atoms with van der Waals surface area (Å²) in [7, 11) is 0. The number of benzene rings is 1. The van der Waals surface area contributed by atoms with E-state index in [4.69, 9.17) is 11.6 Å². The van der Waals surface area contributed by atoms with Gasteiger partial charge in [0.15, 0.2) is 0 Å². The highest BCUT2D eigenvalue weighted by Crippen LogP contribution is 2.23. The van der Waals surface area contributed by atoms with Crippen LogP contribution >= 0.6 is 11.6 Å². The van der Waals surface area contributed by atoms with E-state index in [0.717, 1.165) is 30.2 Å². The van der Waals surface area contributed by atoms with E-state index in [2.05, 4.69) is 11.0 Å². The molecule has 0 atom stereocenters. The van der Waals surface area contributed by atoms with Crippen LogP contribution in [0.2, 0.25) is 5.02 Å². The van der Waals surface area contributed by atoms with Crippen molar-refractivity contribution >= 4 is 11.6 Å². The minimum Gasteiger partial charge on any atom is -0.388 e. The minimum atomic E-state index is -0.485. The summed E-state index contributed by atoms with van der Waals surface area (Å²) in [6, 6.07) is 6.09. The van der Waals surface area contributed by atoms with Gasteiger partial charge in [0.05, 0.1) is 5.60 Å². The second kappa shape index (κ2) is 3.78. The first kappa shape index (κ1) is 10.9. The first-order chi connectivity index (χ1) is 6.96. The first-order valence-electron chi connectivity index (χ1n) is 5.16. The summed E-state index contributed by atoms with van der Waals surface area (Å²) in [4.78, 5) is 2.22. The van der Waals surface area contributed by atoms with E-state index in [9.17, 15) is 5.11 Å². The van der Waals surface area contributed by atoms with Crippen molar-refractivity contribution in [3.05, 3.63) is 34.3 Å². The summed E-state index contributed by atoms with van der Waals surface area (Å²) in [5, 5.41) is 10.4. The molecular weight excluding hydrogens is 210 g/mol. The number of nitrogens with zero attached hydrogens (tertiary/aromatic N) is 1. The molecule has 1 aromatic rings. The second-order valence-electron chi connectivity index (χ2n) is 4.73. The van der Waals surface area contributed by atoms with Crippen LogP contribution in [0, 0.1) is 6.92 Å². The Balaban J connectivity index is 1.98. The molecule has 0 spiro atoms. The average Bonchev–Trinajstić information content (AvgIpc) is 2.08. The van der Waals surface area contributed by atoms with Gasteiger partial charge in [-0.1, -0.05) is 23.7 Å². The van der Waals surface area contributed by atoms with Gasteiger partial charge in [-0.25, -0.2) is 0 Å². The van der Waals surface area contributed by atoms with Crippen LogP contribution in [0.1, 0.15) is 18.1 Å². The number of β-amino-alcohol motifs (C(OH)–C–C–N with tert-alkyl or cyclic N) is 1. The van der Waals surface area contributed by atoms with Crippen LogP contribution < -0.4 is 0 Å². The van der Waals surface area contributed by atoms with E-state index in [1.54, 1.807) is 0 Å². The maximum atomic E-state index is 9.60. The van der Waals surface area contributed by atoms with Gasteiger partial charge in [0.25, 0.3) is 0 Å². The third kappa shape index (κ3) is 2.51. The Labute approximate surface area is 95.5 Å². The van der Waals surface area contributed by atoms with Crippen molar-refractivity contribution in [3.63, 3.8) is 0 Å². The number of hydrogen-bond acceptors (Lipinski definition) is 2. The molecule has 1 saturated heterocycles. The van der Waals surface area contributed by atoms with Crippen molar-refractivity contribution in [1.82, 2.24) is 4.90 Å². The van der Waals surface area contributed by atoms with Crippen molar-refractivity contribution in [2.24, 2.45) is 0 Å². The molecule has 0 unspecified atom stereocenters. The van der Waals surface area contributed by atoms with Crippen molar-refractivity contribution < 1.29 is 5.11 Å². The number of hydrogen-bond donors (Lipinski definition) is 1. The Hall–Kier alpha value is -0.570. The predicted molar refractivity (Wildman–Crippen MR) is 62.1 cm³/mol. The molecule has 15 heavy (non-hydrogen) atoms. The fourth-order valence-electron chi connectivity index (χ4n) is 2.09. The van der Waals surface area contributed by atoms with Gasteiger partial charge in [0.2, 0.25) is 0 Å². The molecule has 0 radical (unpaired) electrons. The van der Waals surface area contributed by atoms with Crippen LogP contribution in [0.4, 0.5) is 0 Å². The molecule has 0 aromatic heterocycles. The number of likely N-dealkylation sites (tertiary alicyclic amines) is 1. The SMILES string of the molecule is Cc1cc(CN2CC(C)(O)C2)ccc1Cl. The van der Waals surface area contributed by atoms with Crippen molar-refractivity contribution in [3.8, 4) is 0 Å². The predicted octanol–water partition coefficient (Wildman–Crippen LogP) is 2.22. The Morgan fingerprint density at radius 1 is 1.47 bits per heavy atom. The third-order valence-corrected chi connectivity index (χ3v) is 3.18. The van der Waals surface area contributed by atoms with Crippen LogP contribution in [-0.2, 0) is 6.54 Å². The summed E-state index contributed by atoms with van der Waals surface area (Å²) >= 11 is 5.96. The number of rotatable bonds is 2. The lowest BCUT2D eigenvalue weighted by Crippen LogP contribution is -2.59. The summed E-state index contributed by atoms with van der Waals surface area (Å²) in [5.41, 5.74) is 1.88. The summed E-state index contributed by atoms with van der Waals surface area (Å²) in [6.07, 6.45) is 0. The second-order valence-corrected chi connectivity index (χ2v) is 5.13. The van der Waals surface area contributed by atoms with Gasteiger partial charge in [-0.3, -0.25) is 4.90 Å². The zero-order chi connectivity index (χ0) is 11.1. The Morgan fingerprint density at radius 3 is 2.67 bits per heavy atom. The van der Waals surface area contributed by atoms with E-state index < -0.39 is 5.60 Å². The number of halogens is 1. The Bertz CT molecular complexity index is 368. The molecule has 2 rings (SSSR count). The van der Waals surface area contributed by atoms with Gasteiger partial charge < -0.3 is 5.11 Å². The molecule has 0 saturated carbocycles. The highest BCUT2D eigenvalue weighted by atomic mass is 35.5. The van der Waals surface area contributed by atoms with E-state index in [1.165, 1.54) is 5.56 Å². The number of aliphatic hydroxyl groups is 1. The molecular formula is C12H16ClNO. The number of aryl methyl sites for hydroxylation is 1. The molecule has 0 aliphatic carbocycles. The highest BCUT2D eigenvalue weighted by molar-refractivity contribution is 6.31. The molecule has 3 heteroatoms. The summed E-state index contributed by atoms with van der Waals surface area (Å²) < 4.78 is 0. The lowest BCUT2D eigenvalue weighted by Gasteiger charge is -2.44. The molecule has 1 N–H and O–H groups in total. The average molecular weight is 226 g/mol. The van der Waals surface area contributed by atoms with Gasteiger partial charge in [-0.05, 0) is 31.0 Å². The lowest BCUT2D eigenvalue weighted by molar-refractivity contribution is -0.0871. The van der Waals surface area contributed by atoms with Crippen LogP contribution in [0.25, 0.3) is 0 Å². The van der Waals surface area contributed by atoms with Gasteiger partial charge >= 0.3 is 0 Å².